The molecule has 0 aliphatic carbocycles. The lowest BCUT2D eigenvalue weighted by Gasteiger charge is -2.23. The lowest BCUT2D eigenvalue weighted by Crippen LogP contribution is -2.27. The molecule has 0 aromatic rings. The summed E-state index contributed by atoms with van der Waals surface area (Å²) in [6.07, 6.45) is 4.14. The number of nitrogens with zero attached hydrogens (tertiary/aromatic N) is 1. The van der Waals surface area contributed by atoms with Gasteiger partial charge in [-0.1, -0.05) is 20.3 Å². The number of carbonyl (C=O) groups is 1. The van der Waals surface area contributed by atoms with Gasteiger partial charge in [0.15, 0.2) is 0 Å². The molecule has 0 unspecified atom stereocenters. The molecule has 4 heteroatoms. The fourth-order valence-corrected chi connectivity index (χ4v) is 1.62. The van der Waals surface area contributed by atoms with Crippen molar-refractivity contribution >= 4 is 5.91 Å². The topological polar surface area (TPSA) is 58.4 Å². The number of nitrogens with two attached hydrogens (primary N) is 1. The minimum absolute atomic E-state index is 0.112. The van der Waals surface area contributed by atoms with Crippen molar-refractivity contribution in [3.63, 3.8) is 0 Å². The molecule has 1 amide bonds. The Morgan fingerprint density at radius 1 is 1.29 bits per heavy atom. The number of amides is 1. The molecule has 0 fully saturated rings. The summed E-state index contributed by atoms with van der Waals surface area (Å²) in [6, 6.07) is 0. The lowest BCUT2D eigenvalue weighted by atomic mass is 9.87. The van der Waals surface area contributed by atoms with Gasteiger partial charge in [-0.25, -0.2) is 0 Å². The van der Waals surface area contributed by atoms with Crippen molar-refractivity contribution in [2.75, 3.05) is 33.7 Å². The van der Waals surface area contributed by atoms with Crippen LogP contribution in [-0.4, -0.2) is 44.5 Å². The molecular weight excluding hydrogens is 214 g/mol. The van der Waals surface area contributed by atoms with Crippen molar-refractivity contribution in [2.24, 2.45) is 11.1 Å². The third-order valence-corrected chi connectivity index (χ3v) is 3.20. The first kappa shape index (κ1) is 16.4. The Kier molecular flexibility index (Phi) is 8.17. The molecule has 102 valence electrons. The first-order chi connectivity index (χ1) is 7.91. The largest absolute Gasteiger partial charge is 0.359 e. The number of unbranched alkanes of at least 4 members (excludes halogenated alkanes) is 1. The van der Waals surface area contributed by atoms with Gasteiger partial charge in [-0.2, -0.15) is 0 Å². The van der Waals surface area contributed by atoms with Crippen LogP contribution in [0.15, 0.2) is 0 Å². The number of hydrogen-bond acceptors (Lipinski definition) is 3. The number of nitrogens with one attached hydrogen (secondary N) is 1. The molecule has 0 rings (SSSR count). The van der Waals surface area contributed by atoms with Crippen molar-refractivity contribution in [1.82, 2.24) is 10.2 Å². The predicted octanol–water partition coefficient (Wildman–Crippen LogP) is 1.21. The van der Waals surface area contributed by atoms with Gasteiger partial charge >= 0.3 is 0 Å². The van der Waals surface area contributed by atoms with Gasteiger partial charge in [0.1, 0.15) is 0 Å². The van der Waals surface area contributed by atoms with Crippen LogP contribution in [0.1, 0.15) is 39.5 Å². The molecular formula is C13H29N3O. The average molecular weight is 243 g/mol. The molecule has 0 bridgehead atoms. The molecule has 0 spiro atoms. The van der Waals surface area contributed by atoms with E-state index in [0.29, 0.717) is 6.42 Å². The zero-order chi connectivity index (χ0) is 13.3. The van der Waals surface area contributed by atoms with Crippen LogP contribution < -0.4 is 11.1 Å². The van der Waals surface area contributed by atoms with E-state index >= 15 is 0 Å². The maximum Gasteiger partial charge on any atom is 0.221 e. The minimum Gasteiger partial charge on any atom is -0.359 e. The standard InChI is InChI=1S/C13H29N3O/c1-13(2,11-14)8-5-6-9-16(4)10-7-12(17)15-3/h5-11,14H2,1-4H3,(H,15,17). The van der Waals surface area contributed by atoms with Crippen molar-refractivity contribution in [2.45, 2.75) is 39.5 Å². The monoisotopic (exact) mass is 243 g/mol. The molecule has 0 aliphatic heterocycles. The maximum atomic E-state index is 11.1. The second kappa shape index (κ2) is 8.48. The Balaban J connectivity index is 3.51. The first-order valence-electron chi connectivity index (χ1n) is 6.50. The van der Waals surface area contributed by atoms with E-state index in [2.05, 4.69) is 31.1 Å². The summed E-state index contributed by atoms with van der Waals surface area (Å²) in [5.74, 6) is 0.112. The van der Waals surface area contributed by atoms with Gasteiger partial charge in [-0.3, -0.25) is 4.79 Å². The molecule has 0 aromatic carbocycles. The SMILES string of the molecule is CNC(=O)CCN(C)CCCCC(C)(C)CN. The fraction of sp³-hybridized carbons (Fsp3) is 0.923. The predicted molar refractivity (Wildman–Crippen MR) is 72.9 cm³/mol. The first-order valence-corrected chi connectivity index (χ1v) is 6.50. The summed E-state index contributed by atoms with van der Waals surface area (Å²) in [5, 5.41) is 2.64. The van der Waals surface area contributed by atoms with Crippen molar-refractivity contribution in [3.05, 3.63) is 0 Å². The third kappa shape index (κ3) is 9.12. The van der Waals surface area contributed by atoms with Crippen LogP contribution in [0.2, 0.25) is 0 Å². The summed E-state index contributed by atoms with van der Waals surface area (Å²) in [7, 11) is 3.74. The highest BCUT2D eigenvalue weighted by Gasteiger charge is 2.14. The van der Waals surface area contributed by atoms with Crippen LogP contribution in [0.25, 0.3) is 0 Å². The van der Waals surface area contributed by atoms with Gasteiger partial charge in [0, 0.05) is 20.0 Å². The summed E-state index contributed by atoms with van der Waals surface area (Å²) < 4.78 is 0. The van der Waals surface area contributed by atoms with Gasteiger partial charge in [0.2, 0.25) is 5.91 Å². The number of hydrogen-bond donors (Lipinski definition) is 2. The van der Waals surface area contributed by atoms with E-state index in [0.717, 1.165) is 19.6 Å². The maximum absolute atomic E-state index is 11.1. The van der Waals surface area contributed by atoms with Gasteiger partial charge in [0.25, 0.3) is 0 Å². The molecule has 0 aromatic heterocycles. The molecule has 0 heterocycles. The molecule has 0 saturated heterocycles. The van der Waals surface area contributed by atoms with E-state index < -0.39 is 0 Å². The van der Waals surface area contributed by atoms with Crippen LogP contribution >= 0.6 is 0 Å². The molecule has 0 aliphatic rings. The van der Waals surface area contributed by atoms with Crippen molar-refractivity contribution in [1.29, 1.82) is 0 Å². The second-order valence-electron chi connectivity index (χ2n) is 5.55. The summed E-state index contributed by atoms with van der Waals surface area (Å²) >= 11 is 0. The Morgan fingerprint density at radius 3 is 2.47 bits per heavy atom. The van der Waals surface area contributed by atoms with Crippen molar-refractivity contribution < 1.29 is 4.79 Å². The Labute approximate surface area is 106 Å². The highest BCUT2D eigenvalue weighted by Crippen LogP contribution is 2.21. The summed E-state index contributed by atoms with van der Waals surface area (Å²) in [6.45, 7) is 7.06. The number of carbonyl (C=O) groups excluding carboxylic acids is 1. The molecule has 17 heavy (non-hydrogen) atoms. The van der Waals surface area contributed by atoms with E-state index in [4.69, 9.17) is 5.73 Å². The van der Waals surface area contributed by atoms with Gasteiger partial charge in [0.05, 0.1) is 0 Å². The molecule has 0 radical (unpaired) electrons. The smallest absolute Gasteiger partial charge is 0.221 e. The molecule has 3 N–H and O–H groups in total. The van der Waals surface area contributed by atoms with E-state index in [9.17, 15) is 4.79 Å². The zero-order valence-corrected chi connectivity index (χ0v) is 11.9. The number of rotatable bonds is 9. The zero-order valence-electron chi connectivity index (χ0n) is 11.9. The van der Waals surface area contributed by atoms with E-state index in [1.165, 1.54) is 19.3 Å². The average Bonchev–Trinajstić information content (AvgIpc) is 2.31. The van der Waals surface area contributed by atoms with E-state index in [-0.39, 0.29) is 11.3 Å². The van der Waals surface area contributed by atoms with E-state index in [1.807, 2.05) is 0 Å². The fourth-order valence-electron chi connectivity index (χ4n) is 1.62. The molecule has 4 nitrogen and oxygen atoms in total. The quantitative estimate of drug-likeness (QED) is 0.598. The minimum atomic E-state index is 0.112. The normalized spacial score (nSPS) is 11.9. The summed E-state index contributed by atoms with van der Waals surface area (Å²) in [5.41, 5.74) is 5.95. The van der Waals surface area contributed by atoms with Crippen LogP contribution in [0.5, 0.6) is 0 Å². The Hall–Kier alpha value is -0.610. The van der Waals surface area contributed by atoms with Crippen LogP contribution in [0.3, 0.4) is 0 Å². The van der Waals surface area contributed by atoms with Gasteiger partial charge in [-0.05, 0) is 38.4 Å². The second-order valence-corrected chi connectivity index (χ2v) is 5.55. The van der Waals surface area contributed by atoms with E-state index in [1.54, 1.807) is 7.05 Å². The Morgan fingerprint density at radius 2 is 1.94 bits per heavy atom. The highest BCUT2D eigenvalue weighted by atomic mass is 16.1. The molecule has 0 saturated carbocycles. The van der Waals surface area contributed by atoms with Crippen LogP contribution in [0, 0.1) is 5.41 Å². The van der Waals surface area contributed by atoms with Gasteiger partial charge < -0.3 is 16.0 Å². The van der Waals surface area contributed by atoms with Crippen LogP contribution in [-0.2, 0) is 4.79 Å². The molecule has 0 atom stereocenters. The summed E-state index contributed by atoms with van der Waals surface area (Å²) in [4.78, 5) is 13.3. The Bertz CT molecular complexity index is 217. The lowest BCUT2D eigenvalue weighted by molar-refractivity contribution is -0.120. The highest BCUT2D eigenvalue weighted by molar-refractivity contribution is 5.75. The van der Waals surface area contributed by atoms with Crippen LogP contribution in [0.4, 0.5) is 0 Å². The van der Waals surface area contributed by atoms with Crippen molar-refractivity contribution in [3.8, 4) is 0 Å². The van der Waals surface area contributed by atoms with Gasteiger partial charge in [-0.15, -0.1) is 0 Å². The third-order valence-electron chi connectivity index (χ3n) is 3.20.